The maximum atomic E-state index is 6.94. The van der Waals surface area contributed by atoms with Crippen LogP contribution in [-0.4, -0.2) is 46.5 Å². The Morgan fingerprint density at radius 1 is 0.875 bits per heavy atom. The standard InChI is InChI=1S/C39H55BO7Si/c1-23(2)48(24(3)4,25(5)6)42-19-18-29-20-28-21-30-32(41-12)22-31(40-46-38(8,9)39(10,11)47-40)35-34(30)36(33(28)26(7)43-29)45-37(44-35)27-16-14-13-15-17-27/h13-17,21-26,29,37H,18-20H2,1-12H3/t26-,29?,37?/m0/s1. The van der Waals surface area contributed by atoms with Gasteiger partial charge in [-0.3, -0.25) is 0 Å². The van der Waals surface area contributed by atoms with E-state index in [1.165, 1.54) is 5.56 Å². The van der Waals surface area contributed by atoms with E-state index < -0.39 is 32.9 Å². The van der Waals surface area contributed by atoms with Crippen LogP contribution in [0.3, 0.4) is 0 Å². The lowest BCUT2D eigenvalue weighted by Gasteiger charge is -2.42. The predicted octanol–water partition coefficient (Wildman–Crippen LogP) is 9.20. The van der Waals surface area contributed by atoms with Gasteiger partial charge < -0.3 is 32.7 Å². The molecule has 7 nitrogen and oxygen atoms in total. The minimum atomic E-state index is -1.96. The molecule has 0 N–H and O–H groups in total. The zero-order valence-electron chi connectivity index (χ0n) is 31.1. The highest BCUT2D eigenvalue weighted by atomic mass is 28.4. The summed E-state index contributed by atoms with van der Waals surface area (Å²) in [6, 6.07) is 14.3. The summed E-state index contributed by atoms with van der Waals surface area (Å²) in [5.41, 5.74) is 4.60. The smallest absolute Gasteiger partial charge is 0.496 e. The Hall–Kier alpha value is -2.56. The van der Waals surface area contributed by atoms with E-state index in [9.17, 15) is 0 Å². The summed E-state index contributed by atoms with van der Waals surface area (Å²) in [6.45, 7) is 25.1. The van der Waals surface area contributed by atoms with Crippen molar-refractivity contribution < 1.29 is 32.7 Å². The molecule has 3 aliphatic heterocycles. The van der Waals surface area contributed by atoms with Crippen LogP contribution in [0.4, 0.5) is 0 Å². The van der Waals surface area contributed by atoms with Crippen molar-refractivity contribution in [1.29, 1.82) is 0 Å². The fourth-order valence-electron chi connectivity index (χ4n) is 8.43. The molecular formula is C39H55BO7Si. The molecule has 0 aliphatic carbocycles. The normalized spacial score (nSPS) is 23.1. The number of rotatable bonds is 10. The summed E-state index contributed by atoms with van der Waals surface area (Å²) < 4.78 is 46.5. The maximum absolute atomic E-state index is 6.94. The van der Waals surface area contributed by atoms with Crippen LogP contribution in [0.15, 0.2) is 42.5 Å². The summed E-state index contributed by atoms with van der Waals surface area (Å²) in [5.74, 6) is 2.21. The number of ether oxygens (including phenoxy) is 4. The Labute approximate surface area is 289 Å². The molecule has 9 heteroatoms. The Kier molecular flexibility index (Phi) is 9.52. The van der Waals surface area contributed by atoms with Gasteiger partial charge in [0.15, 0.2) is 8.32 Å². The van der Waals surface area contributed by atoms with Crippen LogP contribution < -0.4 is 19.7 Å². The Morgan fingerprint density at radius 3 is 2.06 bits per heavy atom. The van der Waals surface area contributed by atoms with Gasteiger partial charge in [-0.05, 0) is 81.8 Å². The molecule has 1 fully saturated rings. The van der Waals surface area contributed by atoms with Gasteiger partial charge in [-0.15, -0.1) is 0 Å². The van der Waals surface area contributed by atoms with Gasteiger partial charge in [0.2, 0.25) is 0 Å². The first-order chi connectivity index (χ1) is 22.6. The average molecular weight is 675 g/mol. The molecule has 3 heterocycles. The molecule has 6 rings (SSSR count). The molecule has 3 atom stereocenters. The highest BCUT2D eigenvalue weighted by Gasteiger charge is 2.53. The first-order valence-electron chi connectivity index (χ1n) is 17.8. The summed E-state index contributed by atoms with van der Waals surface area (Å²) in [6.07, 6.45) is 0.813. The minimum Gasteiger partial charge on any atom is -0.496 e. The van der Waals surface area contributed by atoms with Crippen LogP contribution >= 0.6 is 0 Å². The molecular weight excluding hydrogens is 619 g/mol. The van der Waals surface area contributed by atoms with Crippen molar-refractivity contribution in [3.8, 4) is 17.2 Å². The predicted molar refractivity (Wildman–Crippen MR) is 195 cm³/mol. The molecule has 2 unspecified atom stereocenters. The number of fused-ring (bicyclic) bond motifs is 2. The third-order valence-electron chi connectivity index (χ3n) is 11.4. The molecule has 0 spiro atoms. The summed E-state index contributed by atoms with van der Waals surface area (Å²) in [5, 5.41) is 1.81. The minimum absolute atomic E-state index is 0.0367. The molecule has 48 heavy (non-hydrogen) atoms. The highest BCUT2D eigenvalue weighted by molar-refractivity contribution is 6.77. The van der Waals surface area contributed by atoms with Crippen molar-refractivity contribution in [2.45, 2.75) is 135 Å². The van der Waals surface area contributed by atoms with E-state index in [-0.39, 0.29) is 12.2 Å². The van der Waals surface area contributed by atoms with Gasteiger partial charge in [0.25, 0.3) is 6.29 Å². The van der Waals surface area contributed by atoms with Gasteiger partial charge in [-0.1, -0.05) is 71.9 Å². The van der Waals surface area contributed by atoms with Crippen molar-refractivity contribution in [2.75, 3.05) is 13.7 Å². The molecule has 0 aromatic heterocycles. The van der Waals surface area contributed by atoms with E-state index in [0.717, 1.165) is 51.7 Å². The lowest BCUT2D eigenvalue weighted by molar-refractivity contribution is -0.0353. The Morgan fingerprint density at radius 2 is 1.48 bits per heavy atom. The largest absolute Gasteiger partial charge is 0.498 e. The van der Waals surface area contributed by atoms with Gasteiger partial charge in [0.05, 0.1) is 35.9 Å². The van der Waals surface area contributed by atoms with Gasteiger partial charge in [0, 0.05) is 28.6 Å². The number of methoxy groups -OCH3 is 1. The monoisotopic (exact) mass is 674 g/mol. The maximum Gasteiger partial charge on any atom is 0.498 e. The molecule has 0 saturated carbocycles. The lowest BCUT2D eigenvalue weighted by atomic mass is 9.76. The molecule has 0 bridgehead atoms. The van der Waals surface area contributed by atoms with Crippen molar-refractivity contribution in [1.82, 2.24) is 0 Å². The van der Waals surface area contributed by atoms with E-state index in [1.54, 1.807) is 7.11 Å². The SMILES string of the molecule is COc1cc(B2OC(C)(C)C(C)(C)O2)c2c3c(c4c(cc13)CC(CCO[Si](C(C)C)(C(C)C)C(C)C)O[C@H]4C)OC(c1ccccc1)O2. The number of benzene rings is 3. The second kappa shape index (κ2) is 13.0. The second-order valence-electron chi connectivity index (χ2n) is 15.8. The van der Waals surface area contributed by atoms with Crippen LogP contribution in [0.2, 0.25) is 16.6 Å². The lowest BCUT2D eigenvalue weighted by Crippen LogP contribution is -2.48. The molecule has 3 aromatic carbocycles. The van der Waals surface area contributed by atoms with E-state index in [4.69, 9.17) is 32.7 Å². The zero-order chi connectivity index (χ0) is 34.8. The Bertz CT molecular complexity index is 1600. The van der Waals surface area contributed by atoms with Gasteiger partial charge in [0.1, 0.15) is 17.2 Å². The van der Waals surface area contributed by atoms with Crippen molar-refractivity contribution in [3.05, 3.63) is 59.2 Å². The molecule has 260 valence electrons. The van der Waals surface area contributed by atoms with Crippen LogP contribution in [0.25, 0.3) is 10.8 Å². The quantitative estimate of drug-likeness (QED) is 0.199. The number of hydrogen-bond donors (Lipinski definition) is 0. The van der Waals surface area contributed by atoms with Crippen LogP contribution in [0.5, 0.6) is 17.2 Å². The second-order valence-corrected chi connectivity index (χ2v) is 21.3. The van der Waals surface area contributed by atoms with Crippen LogP contribution in [-0.2, 0) is 24.9 Å². The van der Waals surface area contributed by atoms with Crippen molar-refractivity contribution >= 4 is 31.7 Å². The summed E-state index contributed by atoms with van der Waals surface area (Å²) in [4.78, 5) is 0. The van der Waals surface area contributed by atoms with Crippen LogP contribution in [0, 0.1) is 0 Å². The molecule has 3 aliphatic rings. The number of hydrogen-bond acceptors (Lipinski definition) is 7. The fraction of sp³-hybridized carbons (Fsp3) is 0.590. The molecule has 3 aromatic rings. The highest BCUT2D eigenvalue weighted by Crippen LogP contribution is 2.52. The first kappa shape index (κ1) is 35.3. The first-order valence-corrected chi connectivity index (χ1v) is 20.0. The summed E-state index contributed by atoms with van der Waals surface area (Å²) >= 11 is 0. The van der Waals surface area contributed by atoms with Crippen LogP contribution in [0.1, 0.15) is 112 Å². The Balaban J connectivity index is 1.41. The topological polar surface area (TPSA) is 64.6 Å². The fourth-order valence-corrected chi connectivity index (χ4v) is 13.9. The third kappa shape index (κ3) is 5.87. The molecule has 0 radical (unpaired) electrons. The third-order valence-corrected chi connectivity index (χ3v) is 17.6. The van der Waals surface area contributed by atoms with Crippen molar-refractivity contribution in [2.24, 2.45) is 0 Å². The molecule has 1 saturated heterocycles. The van der Waals surface area contributed by atoms with E-state index in [2.05, 4.69) is 82.2 Å². The van der Waals surface area contributed by atoms with Gasteiger partial charge in [-0.2, -0.15) is 0 Å². The van der Waals surface area contributed by atoms with Gasteiger partial charge in [-0.25, -0.2) is 0 Å². The van der Waals surface area contributed by atoms with E-state index in [1.807, 2.05) is 36.4 Å². The van der Waals surface area contributed by atoms with Gasteiger partial charge >= 0.3 is 7.12 Å². The molecule has 0 amide bonds. The van der Waals surface area contributed by atoms with Crippen molar-refractivity contribution in [3.63, 3.8) is 0 Å². The van der Waals surface area contributed by atoms with E-state index in [0.29, 0.717) is 29.0 Å². The average Bonchev–Trinajstić information content (AvgIpc) is 3.24. The zero-order valence-corrected chi connectivity index (χ0v) is 32.1. The summed E-state index contributed by atoms with van der Waals surface area (Å²) in [7, 11) is -0.895. The van der Waals surface area contributed by atoms with E-state index >= 15 is 0 Å².